The Balaban J connectivity index is 1.61. The van der Waals surface area contributed by atoms with Crippen LogP contribution in [-0.4, -0.2) is 33.5 Å². The fourth-order valence-corrected chi connectivity index (χ4v) is 3.14. The molecule has 0 aliphatic carbocycles. The molecule has 2 amide bonds. The topological polar surface area (TPSA) is 116 Å². The Labute approximate surface area is 182 Å². The molecule has 31 heavy (non-hydrogen) atoms. The van der Waals surface area contributed by atoms with Gasteiger partial charge in [0.1, 0.15) is 18.0 Å². The molecular weight excluding hydrogens is 425 g/mol. The van der Waals surface area contributed by atoms with Crippen molar-refractivity contribution in [1.82, 2.24) is 20.8 Å². The summed E-state index contributed by atoms with van der Waals surface area (Å²) < 4.78 is 13.4. The van der Waals surface area contributed by atoms with Crippen LogP contribution in [0.25, 0.3) is 10.9 Å². The third-order valence-electron chi connectivity index (χ3n) is 4.57. The zero-order chi connectivity index (χ0) is 22.2. The summed E-state index contributed by atoms with van der Waals surface area (Å²) in [4.78, 5) is 31.8. The summed E-state index contributed by atoms with van der Waals surface area (Å²) in [5.41, 5.74) is 3.20. The lowest BCUT2D eigenvalue weighted by Gasteiger charge is -2.10. The Bertz CT molecular complexity index is 1100. The van der Waals surface area contributed by atoms with E-state index in [1.165, 1.54) is 18.5 Å². The number of carbonyl (C=O) groups excluding carboxylic acids is 2. The lowest BCUT2D eigenvalue weighted by atomic mass is 10.1. The smallest absolute Gasteiger partial charge is 0.251 e. The van der Waals surface area contributed by atoms with Crippen LogP contribution in [0, 0.1) is 5.82 Å². The molecule has 8 nitrogen and oxygen atoms in total. The molecule has 162 valence electrons. The maximum absolute atomic E-state index is 13.4. The first-order chi connectivity index (χ1) is 15.0. The molecule has 0 saturated heterocycles. The van der Waals surface area contributed by atoms with E-state index in [0.29, 0.717) is 47.4 Å². The van der Waals surface area contributed by atoms with Gasteiger partial charge in [-0.1, -0.05) is 18.0 Å². The average molecular weight is 446 g/mol. The van der Waals surface area contributed by atoms with Crippen molar-refractivity contribution in [2.75, 3.05) is 11.9 Å². The first-order valence-electron chi connectivity index (χ1n) is 9.66. The molecule has 0 spiro atoms. The standard InChI is InChI=1S/C21H21ClFN5O3/c22-16-11-14(6-8-17(16)23)27-20-15-7-5-13(10-18(15)25-12-26-20)21(30)24-9-3-1-2-4-19(29)28-31/h5-8,10-12,31H,1-4,9H2,(H,24,30)(H,28,29)(H,25,26,27). The molecule has 0 aliphatic rings. The number of hydrogen-bond donors (Lipinski definition) is 4. The lowest BCUT2D eigenvalue weighted by Crippen LogP contribution is -2.24. The molecule has 1 aromatic heterocycles. The van der Waals surface area contributed by atoms with Crippen LogP contribution in [0.5, 0.6) is 0 Å². The number of nitrogens with one attached hydrogen (secondary N) is 3. The molecule has 1 heterocycles. The first kappa shape index (κ1) is 22.4. The molecule has 2 aromatic carbocycles. The van der Waals surface area contributed by atoms with E-state index in [1.807, 2.05) is 0 Å². The van der Waals surface area contributed by atoms with Crippen LogP contribution in [0.2, 0.25) is 5.02 Å². The van der Waals surface area contributed by atoms with Crippen molar-refractivity contribution < 1.29 is 19.2 Å². The van der Waals surface area contributed by atoms with Crippen molar-refractivity contribution >= 4 is 45.8 Å². The molecule has 0 fully saturated rings. The minimum absolute atomic E-state index is 0.000943. The summed E-state index contributed by atoms with van der Waals surface area (Å²) >= 11 is 5.82. The third-order valence-corrected chi connectivity index (χ3v) is 4.86. The summed E-state index contributed by atoms with van der Waals surface area (Å²) in [6, 6.07) is 9.36. The molecule has 3 rings (SSSR count). The van der Waals surface area contributed by atoms with E-state index in [2.05, 4.69) is 20.6 Å². The highest BCUT2D eigenvalue weighted by molar-refractivity contribution is 6.31. The second-order valence-corrected chi connectivity index (χ2v) is 7.22. The summed E-state index contributed by atoms with van der Waals surface area (Å²) in [6.07, 6.45) is 3.72. The predicted octanol–water partition coefficient (Wildman–Crippen LogP) is 3.96. The van der Waals surface area contributed by atoms with Crippen LogP contribution in [0.1, 0.15) is 36.0 Å². The SMILES string of the molecule is O=C(CCCCCNC(=O)c1ccc2c(Nc3ccc(F)c(Cl)c3)ncnc2c1)NO. The Morgan fingerprint density at radius 1 is 1.06 bits per heavy atom. The summed E-state index contributed by atoms with van der Waals surface area (Å²) in [6.45, 7) is 0.472. The number of rotatable bonds is 9. The summed E-state index contributed by atoms with van der Waals surface area (Å²) in [5, 5.41) is 15.0. The Morgan fingerprint density at radius 3 is 2.68 bits per heavy atom. The minimum Gasteiger partial charge on any atom is -0.352 e. The molecule has 0 unspecified atom stereocenters. The van der Waals surface area contributed by atoms with Crippen LogP contribution in [0.3, 0.4) is 0 Å². The van der Waals surface area contributed by atoms with Gasteiger partial charge in [-0.3, -0.25) is 14.8 Å². The van der Waals surface area contributed by atoms with Crippen molar-refractivity contribution in [2.45, 2.75) is 25.7 Å². The van der Waals surface area contributed by atoms with E-state index in [4.69, 9.17) is 16.8 Å². The number of hydroxylamine groups is 1. The van der Waals surface area contributed by atoms with E-state index in [9.17, 15) is 14.0 Å². The van der Waals surface area contributed by atoms with Gasteiger partial charge in [-0.15, -0.1) is 0 Å². The number of benzene rings is 2. The maximum Gasteiger partial charge on any atom is 0.251 e. The monoisotopic (exact) mass is 445 g/mol. The van der Waals surface area contributed by atoms with Crippen LogP contribution in [0.15, 0.2) is 42.7 Å². The third kappa shape index (κ3) is 6.09. The zero-order valence-corrected chi connectivity index (χ0v) is 17.2. The van der Waals surface area contributed by atoms with Gasteiger partial charge in [0.15, 0.2) is 0 Å². The molecule has 3 aromatic rings. The molecule has 0 atom stereocenters. The van der Waals surface area contributed by atoms with Crippen LogP contribution in [0.4, 0.5) is 15.9 Å². The fourth-order valence-electron chi connectivity index (χ4n) is 2.96. The van der Waals surface area contributed by atoms with Crippen molar-refractivity contribution in [2.24, 2.45) is 0 Å². The highest BCUT2D eigenvalue weighted by Gasteiger charge is 2.10. The zero-order valence-electron chi connectivity index (χ0n) is 16.5. The molecular formula is C21H21ClFN5O3. The Kier molecular flexibility index (Phi) is 7.69. The second kappa shape index (κ2) is 10.6. The van der Waals surface area contributed by atoms with E-state index in [-0.39, 0.29) is 17.4 Å². The van der Waals surface area contributed by atoms with Crippen molar-refractivity contribution in [1.29, 1.82) is 0 Å². The fraction of sp³-hybridized carbons (Fsp3) is 0.238. The maximum atomic E-state index is 13.4. The van der Waals surface area contributed by atoms with Gasteiger partial charge in [0.2, 0.25) is 5.91 Å². The largest absolute Gasteiger partial charge is 0.352 e. The number of nitrogens with zero attached hydrogens (tertiary/aromatic N) is 2. The first-order valence-corrected chi connectivity index (χ1v) is 10.0. The van der Waals surface area contributed by atoms with Crippen LogP contribution < -0.4 is 16.1 Å². The van der Waals surface area contributed by atoms with Gasteiger partial charge >= 0.3 is 0 Å². The Morgan fingerprint density at radius 2 is 1.90 bits per heavy atom. The van der Waals surface area contributed by atoms with Gasteiger partial charge < -0.3 is 10.6 Å². The van der Waals surface area contributed by atoms with Crippen molar-refractivity contribution in [3.8, 4) is 0 Å². The van der Waals surface area contributed by atoms with E-state index in [0.717, 1.165) is 6.42 Å². The van der Waals surface area contributed by atoms with Gasteiger partial charge in [0.05, 0.1) is 10.5 Å². The Hall–Kier alpha value is -3.30. The van der Waals surface area contributed by atoms with Crippen LogP contribution >= 0.6 is 11.6 Å². The van der Waals surface area contributed by atoms with E-state index >= 15 is 0 Å². The second-order valence-electron chi connectivity index (χ2n) is 6.81. The van der Waals surface area contributed by atoms with E-state index < -0.39 is 11.7 Å². The number of unbranched alkanes of at least 4 members (excludes halogenated alkanes) is 2. The lowest BCUT2D eigenvalue weighted by molar-refractivity contribution is -0.129. The quantitative estimate of drug-likeness (QED) is 0.225. The number of hydrogen-bond acceptors (Lipinski definition) is 6. The highest BCUT2D eigenvalue weighted by atomic mass is 35.5. The van der Waals surface area contributed by atoms with Crippen LogP contribution in [-0.2, 0) is 4.79 Å². The van der Waals surface area contributed by atoms with Gasteiger partial charge in [-0.2, -0.15) is 0 Å². The number of carbonyl (C=O) groups is 2. The van der Waals surface area contributed by atoms with Gasteiger partial charge in [0.25, 0.3) is 5.91 Å². The minimum atomic E-state index is -0.508. The molecule has 0 saturated carbocycles. The predicted molar refractivity (Wildman–Crippen MR) is 115 cm³/mol. The van der Waals surface area contributed by atoms with E-state index in [1.54, 1.807) is 29.7 Å². The normalized spacial score (nSPS) is 10.7. The highest BCUT2D eigenvalue weighted by Crippen LogP contribution is 2.26. The summed E-state index contributed by atoms with van der Waals surface area (Å²) in [7, 11) is 0. The van der Waals surface area contributed by atoms with Crippen molar-refractivity contribution in [3.05, 3.63) is 59.1 Å². The number of anilines is 2. The number of amides is 2. The number of aromatic nitrogens is 2. The van der Waals surface area contributed by atoms with Gasteiger partial charge in [0, 0.05) is 29.6 Å². The molecule has 4 N–H and O–H groups in total. The molecule has 10 heteroatoms. The molecule has 0 radical (unpaired) electrons. The van der Waals surface area contributed by atoms with Gasteiger partial charge in [-0.05, 0) is 49.2 Å². The number of halogens is 2. The van der Waals surface area contributed by atoms with Crippen molar-refractivity contribution in [3.63, 3.8) is 0 Å². The molecule has 0 bridgehead atoms. The average Bonchev–Trinajstić information content (AvgIpc) is 2.78. The number of fused-ring (bicyclic) bond motifs is 1. The summed E-state index contributed by atoms with van der Waals surface area (Å²) in [5.74, 6) is -0.648. The van der Waals surface area contributed by atoms with Gasteiger partial charge in [-0.25, -0.2) is 19.8 Å². The molecule has 0 aliphatic heterocycles.